The van der Waals surface area contributed by atoms with Crippen LogP contribution in [0, 0.1) is 19.8 Å². The van der Waals surface area contributed by atoms with Gasteiger partial charge >= 0.3 is 6.03 Å². The molecule has 0 radical (unpaired) electrons. The van der Waals surface area contributed by atoms with Crippen molar-refractivity contribution >= 4 is 17.6 Å². The molecule has 3 atom stereocenters. The van der Waals surface area contributed by atoms with E-state index in [0.29, 0.717) is 48.8 Å². The quantitative estimate of drug-likeness (QED) is 0.662. The van der Waals surface area contributed by atoms with Gasteiger partial charge in [0.2, 0.25) is 5.91 Å². The van der Waals surface area contributed by atoms with Gasteiger partial charge in [0.1, 0.15) is 17.1 Å². The molecule has 0 fully saturated rings. The van der Waals surface area contributed by atoms with E-state index in [1.807, 2.05) is 20.0 Å². The van der Waals surface area contributed by atoms with Crippen LogP contribution in [-0.2, 0) is 22.7 Å². The lowest BCUT2D eigenvalue weighted by atomic mass is 10.0. The second-order valence-corrected chi connectivity index (χ2v) is 8.99. The summed E-state index contributed by atoms with van der Waals surface area (Å²) in [5, 5.41) is 24.7. The van der Waals surface area contributed by atoms with Gasteiger partial charge in [-0.1, -0.05) is 17.3 Å². The fourth-order valence-electron chi connectivity index (χ4n) is 3.91. The standard InChI is InChI=1S/C22H35N7O5/c1-14-9-29(15(2)12-30)20(31)7-6-8-28-10-18(24-26-28)13-33-19(14)11-27(5)22(32)23-21-16(3)25-34-17(21)4/h10,14-15,19,30H,6-9,11-13H2,1-5H3,(H,23,32)/t14-,15-,19-/m1/s1. The van der Waals surface area contributed by atoms with Crippen LogP contribution in [0.4, 0.5) is 10.5 Å². The summed E-state index contributed by atoms with van der Waals surface area (Å²) in [7, 11) is 1.68. The molecule has 3 rings (SSSR count). The van der Waals surface area contributed by atoms with Crippen LogP contribution in [0.5, 0.6) is 0 Å². The van der Waals surface area contributed by atoms with E-state index in [4.69, 9.17) is 9.26 Å². The number of anilines is 1. The van der Waals surface area contributed by atoms with Crippen LogP contribution in [0.25, 0.3) is 0 Å². The first-order valence-corrected chi connectivity index (χ1v) is 11.6. The maximum atomic E-state index is 12.9. The number of hydrogen-bond donors (Lipinski definition) is 2. The third-order valence-corrected chi connectivity index (χ3v) is 6.11. The number of hydrogen-bond acceptors (Lipinski definition) is 8. The van der Waals surface area contributed by atoms with Crippen molar-refractivity contribution in [2.45, 2.75) is 65.8 Å². The van der Waals surface area contributed by atoms with Crippen molar-refractivity contribution in [1.29, 1.82) is 0 Å². The third-order valence-electron chi connectivity index (χ3n) is 6.11. The number of fused-ring (bicyclic) bond motifs is 2. The number of carbonyl (C=O) groups is 2. The van der Waals surface area contributed by atoms with Gasteiger partial charge < -0.3 is 29.5 Å². The molecule has 34 heavy (non-hydrogen) atoms. The van der Waals surface area contributed by atoms with Gasteiger partial charge in [-0.3, -0.25) is 9.48 Å². The van der Waals surface area contributed by atoms with Crippen molar-refractivity contribution in [2.24, 2.45) is 5.92 Å². The topological polar surface area (TPSA) is 139 Å². The van der Waals surface area contributed by atoms with Crippen LogP contribution in [0.3, 0.4) is 0 Å². The molecule has 2 aromatic rings. The molecule has 1 aliphatic heterocycles. The average Bonchev–Trinajstić information content (AvgIpc) is 3.40. The van der Waals surface area contributed by atoms with Crippen LogP contribution in [0.1, 0.15) is 43.8 Å². The number of aromatic nitrogens is 4. The maximum absolute atomic E-state index is 12.9. The SMILES string of the molecule is Cc1noc(C)c1NC(=O)N(C)C[C@H]1OCc2cn(nn2)CCCC(=O)N([C@H](C)CO)C[C@H]1C. The number of aryl methyl sites for hydroxylation is 3. The average molecular weight is 478 g/mol. The van der Waals surface area contributed by atoms with E-state index < -0.39 is 6.10 Å². The number of aliphatic hydroxyl groups is 1. The van der Waals surface area contributed by atoms with Crippen LogP contribution in [-0.4, -0.2) is 85.9 Å². The number of nitrogens with zero attached hydrogens (tertiary/aromatic N) is 6. The smallest absolute Gasteiger partial charge is 0.321 e. The van der Waals surface area contributed by atoms with E-state index in [1.54, 1.807) is 30.5 Å². The van der Waals surface area contributed by atoms with E-state index in [2.05, 4.69) is 20.8 Å². The Balaban J connectivity index is 1.77. The number of rotatable bonds is 5. The van der Waals surface area contributed by atoms with E-state index in [-0.39, 0.29) is 43.7 Å². The number of nitrogens with one attached hydrogen (secondary N) is 1. The van der Waals surface area contributed by atoms with Crippen LogP contribution >= 0.6 is 0 Å². The second kappa shape index (κ2) is 11.4. The molecule has 0 saturated carbocycles. The number of amides is 3. The molecule has 3 heterocycles. The van der Waals surface area contributed by atoms with E-state index >= 15 is 0 Å². The Hall–Kier alpha value is -2.99. The molecule has 0 spiro atoms. The van der Waals surface area contributed by atoms with Crippen molar-refractivity contribution < 1.29 is 24.0 Å². The number of aliphatic hydroxyl groups excluding tert-OH is 1. The molecule has 188 valence electrons. The summed E-state index contributed by atoms with van der Waals surface area (Å²) < 4.78 is 13.0. The first-order valence-electron chi connectivity index (χ1n) is 11.6. The molecular weight excluding hydrogens is 442 g/mol. The van der Waals surface area contributed by atoms with Crippen molar-refractivity contribution in [2.75, 3.05) is 32.1 Å². The van der Waals surface area contributed by atoms with E-state index in [0.717, 1.165) is 0 Å². The third kappa shape index (κ3) is 6.32. The minimum Gasteiger partial charge on any atom is -0.394 e. The molecule has 12 heteroatoms. The largest absolute Gasteiger partial charge is 0.394 e. The zero-order chi connectivity index (χ0) is 24.8. The minimum atomic E-state index is -0.396. The van der Waals surface area contributed by atoms with Gasteiger partial charge in [-0.25, -0.2) is 4.79 Å². The lowest BCUT2D eigenvalue weighted by Crippen LogP contribution is -2.48. The fourth-order valence-corrected chi connectivity index (χ4v) is 3.91. The predicted molar refractivity (Wildman–Crippen MR) is 123 cm³/mol. The molecule has 3 amide bonds. The number of carbonyl (C=O) groups excluding carboxylic acids is 2. The van der Waals surface area contributed by atoms with Gasteiger partial charge in [-0.15, -0.1) is 5.10 Å². The van der Waals surface area contributed by atoms with Crippen LogP contribution in [0.2, 0.25) is 0 Å². The van der Waals surface area contributed by atoms with Gasteiger partial charge in [-0.05, 0) is 27.2 Å². The highest BCUT2D eigenvalue weighted by Crippen LogP contribution is 2.20. The maximum Gasteiger partial charge on any atom is 0.321 e. The molecular formula is C22H35N7O5. The normalized spacial score (nSPS) is 20.8. The van der Waals surface area contributed by atoms with Crippen molar-refractivity contribution in [3.8, 4) is 0 Å². The summed E-state index contributed by atoms with van der Waals surface area (Å²) in [6.07, 6.45) is 2.39. The molecule has 0 aliphatic carbocycles. The van der Waals surface area contributed by atoms with Gasteiger partial charge in [-0.2, -0.15) is 0 Å². The zero-order valence-electron chi connectivity index (χ0n) is 20.5. The van der Waals surface area contributed by atoms with E-state index in [9.17, 15) is 14.7 Å². The van der Waals surface area contributed by atoms with Gasteiger partial charge in [0, 0.05) is 39.0 Å². The monoisotopic (exact) mass is 477 g/mol. The highest BCUT2D eigenvalue weighted by molar-refractivity contribution is 5.90. The van der Waals surface area contributed by atoms with Gasteiger partial charge in [0.15, 0.2) is 5.76 Å². The molecule has 2 aromatic heterocycles. The Morgan fingerprint density at radius 3 is 2.85 bits per heavy atom. The molecule has 0 aromatic carbocycles. The first kappa shape index (κ1) is 25.6. The van der Waals surface area contributed by atoms with Crippen LogP contribution < -0.4 is 5.32 Å². The number of ether oxygens (including phenoxy) is 1. The summed E-state index contributed by atoms with van der Waals surface area (Å²) >= 11 is 0. The predicted octanol–water partition coefficient (Wildman–Crippen LogP) is 1.57. The Labute approximate surface area is 199 Å². The molecule has 2 N–H and O–H groups in total. The lowest BCUT2D eigenvalue weighted by Gasteiger charge is -2.35. The van der Waals surface area contributed by atoms with Gasteiger partial charge in [0.25, 0.3) is 0 Å². The Bertz CT molecular complexity index is 955. The zero-order valence-corrected chi connectivity index (χ0v) is 20.5. The van der Waals surface area contributed by atoms with Crippen molar-refractivity contribution in [3.05, 3.63) is 23.3 Å². The summed E-state index contributed by atoms with van der Waals surface area (Å²) in [5.74, 6) is 0.375. The first-order chi connectivity index (χ1) is 16.2. The van der Waals surface area contributed by atoms with E-state index in [1.165, 1.54) is 4.90 Å². The number of likely N-dealkylation sites (N-methyl/N-ethyl adjacent to an activating group) is 1. The minimum absolute atomic E-state index is 0.0313. The summed E-state index contributed by atoms with van der Waals surface area (Å²) in [6, 6.07) is -0.644. The van der Waals surface area contributed by atoms with Gasteiger partial charge in [0.05, 0.1) is 31.6 Å². The molecule has 0 unspecified atom stereocenters. The number of urea groups is 1. The van der Waals surface area contributed by atoms with Crippen molar-refractivity contribution in [1.82, 2.24) is 30.0 Å². The lowest BCUT2D eigenvalue weighted by molar-refractivity contribution is -0.136. The molecule has 2 bridgehead atoms. The Morgan fingerprint density at radius 2 is 2.18 bits per heavy atom. The summed E-state index contributed by atoms with van der Waals surface area (Å²) in [5.41, 5.74) is 1.83. The Morgan fingerprint density at radius 1 is 1.41 bits per heavy atom. The highest BCUT2D eigenvalue weighted by Gasteiger charge is 2.29. The fraction of sp³-hybridized carbons (Fsp3) is 0.682. The van der Waals surface area contributed by atoms with Crippen molar-refractivity contribution in [3.63, 3.8) is 0 Å². The van der Waals surface area contributed by atoms with Crippen LogP contribution in [0.15, 0.2) is 10.7 Å². The second-order valence-electron chi connectivity index (χ2n) is 8.99. The molecule has 0 saturated heterocycles. The molecule has 12 nitrogen and oxygen atoms in total. The summed E-state index contributed by atoms with van der Waals surface area (Å²) in [6.45, 7) is 8.65. The summed E-state index contributed by atoms with van der Waals surface area (Å²) in [4.78, 5) is 29.0. The Kier molecular flexibility index (Phi) is 8.61. The molecule has 1 aliphatic rings. The highest BCUT2D eigenvalue weighted by atomic mass is 16.5.